The molecule has 1 N–H and O–H groups in total. The van der Waals surface area contributed by atoms with E-state index in [2.05, 4.69) is 39.9 Å². The van der Waals surface area contributed by atoms with E-state index in [4.69, 9.17) is 11.6 Å². The third kappa shape index (κ3) is 4.47. The summed E-state index contributed by atoms with van der Waals surface area (Å²) in [5.41, 5.74) is 0.949. The molecule has 0 heterocycles. The first-order valence-corrected chi connectivity index (χ1v) is 7.30. The van der Waals surface area contributed by atoms with E-state index in [1.54, 1.807) is 6.07 Å². The molecular weight excluding hydrogens is 261 g/mol. The molecule has 0 spiro atoms. The summed E-state index contributed by atoms with van der Waals surface area (Å²) >= 11 is 6.07. The number of hydrogen-bond acceptors (Lipinski definition) is 1. The van der Waals surface area contributed by atoms with Crippen molar-refractivity contribution in [3.8, 4) is 0 Å². The van der Waals surface area contributed by atoms with Crippen LogP contribution in [0.15, 0.2) is 18.2 Å². The van der Waals surface area contributed by atoms with E-state index in [1.807, 2.05) is 6.07 Å². The van der Waals surface area contributed by atoms with Crippen molar-refractivity contribution in [3.63, 3.8) is 0 Å². The average molecular weight is 286 g/mol. The van der Waals surface area contributed by atoms with Gasteiger partial charge in [0.25, 0.3) is 0 Å². The second kappa shape index (κ2) is 6.71. The van der Waals surface area contributed by atoms with Crippen LogP contribution >= 0.6 is 11.6 Å². The van der Waals surface area contributed by atoms with Crippen molar-refractivity contribution in [2.75, 3.05) is 6.54 Å². The van der Waals surface area contributed by atoms with Crippen LogP contribution in [0.1, 0.15) is 40.2 Å². The Balaban J connectivity index is 2.92. The molecule has 1 aromatic rings. The third-order valence-corrected chi connectivity index (χ3v) is 4.36. The lowest BCUT2D eigenvalue weighted by molar-refractivity contribution is 0.202. The van der Waals surface area contributed by atoms with Crippen LogP contribution < -0.4 is 5.32 Å². The van der Waals surface area contributed by atoms with Gasteiger partial charge in [-0.2, -0.15) is 0 Å². The lowest BCUT2D eigenvalue weighted by atomic mass is 9.74. The molecule has 1 atom stereocenters. The molecule has 0 saturated carbocycles. The van der Waals surface area contributed by atoms with Crippen molar-refractivity contribution in [3.05, 3.63) is 34.6 Å². The fraction of sp³-hybridized carbons (Fsp3) is 0.625. The maximum atomic E-state index is 13.5. The Morgan fingerprint density at radius 2 is 1.89 bits per heavy atom. The zero-order chi connectivity index (χ0) is 14.6. The van der Waals surface area contributed by atoms with Crippen LogP contribution in [0.2, 0.25) is 5.02 Å². The standard InChI is InChI=1S/C16H25ClFN/c1-11(2)16(5,10-19-12(3)4)9-13-7-6-8-14(18)15(13)17/h6-8,11-12,19H,9-10H2,1-5H3. The molecule has 108 valence electrons. The topological polar surface area (TPSA) is 12.0 Å². The van der Waals surface area contributed by atoms with Gasteiger partial charge in [-0.15, -0.1) is 0 Å². The first-order chi connectivity index (χ1) is 8.76. The number of hydrogen-bond donors (Lipinski definition) is 1. The van der Waals surface area contributed by atoms with E-state index in [1.165, 1.54) is 6.07 Å². The second-order valence-corrected chi connectivity index (χ2v) is 6.61. The molecule has 1 nitrogen and oxygen atoms in total. The Hall–Kier alpha value is -0.600. The van der Waals surface area contributed by atoms with Gasteiger partial charge in [-0.05, 0) is 29.4 Å². The first-order valence-electron chi connectivity index (χ1n) is 6.92. The summed E-state index contributed by atoms with van der Waals surface area (Å²) in [4.78, 5) is 0. The van der Waals surface area contributed by atoms with Crippen LogP contribution in [0.4, 0.5) is 4.39 Å². The molecule has 1 unspecified atom stereocenters. The van der Waals surface area contributed by atoms with E-state index >= 15 is 0 Å². The van der Waals surface area contributed by atoms with Crippen molar-refractivity contribution >= 4 is 11.6 Å². The zero-order valence-corrected chi connectivity index (χ0v) is 13.3. The molecule has 3 heteroatoms. The normalized spacial score (nSPS) is 15.0. The molecule has 0 aliphatic rings. The molecule has 0 saturated heterocycles. The summed E-state index contributed by atoms with van der Waals surface area (Å²) in [5, 5.41) is 3.75. The monoisotopic (exact) mass is 285 g/mol. The van der Waals surface area contributed by atoms with Crippen molar-refractivity contribution in [1.29, 1.82) is 0 Å². The number of benzene rings is 1. The summed E-state index contributed by atoms with van der Waals surface area (Å²) in [5.74, 6) is 0.153. The van der Waals surface area contributed by atoms with Gasteiger partial charge >= 0.3 is 0 Å². The zero-order valence-electron chi connectivity index (χ0n) is 12.6. The number of nitrogens with one attached hydrogen (secondary N) is 1. The quantitative estimate of drug-likeness (QED) is 0.800. The summed E-state index contributed by atoms with van der Waals surface area (Å²) in [7, 11) is 0. The molecule has 0 amide bonds. The lowest BCUT2D eigenvalue weighted by Crippen LogP contribution is -2.40. The van der Waals surface area contributed by atoms with Gasteiger partial charge in [0, 0.05) is 12.6 Å². The number of rotatable bonds is 6. The minimum absolute atomic E-state index is 0.0572. The molecule has 0 radical (unpaired) electrons. The van der Waals surface area contributed by atoms with E-state index < -0.39 is 0 Å². The van der Waals surface area contributed by atoms with Gasteiger partial charge < -0.3 is 5.32 Å². The Bertz CT molecular complexity index is 417. The summed E-state index contributed by atoms with van der Waals surface area (Å²) in [6, 6.07) is 5.50. The van der Waals surface area contributed by atoms with Crippen molar-refractivity contribution < 1.29 is 4.39 Å². The van der Waals surface area contributed by atoms with Crippen LogP contribution in [0, 0.1) is 17.2 Å². The van der Waals surface area contributed by atoms with Crippen molar-refractivity contribution in [1.82, 2.24) is 5.32 Å². The van der Waals surface area contributed by atoms with E-state index in [0.717, 1.165) is 18.5 Å². The highest BCUT2D eigenvalue weighted by Crippen LogP contribution is 2.34. The molecule has 0 aliphatic heterocycles. The van der Waals surface area contributed by atoms with E-state index in [0.29, 0.717) is 12.0 Å². The Kier molecular flexibility index (Phi) is 5.82. The minimum atomic E-state index is -0.331. The fourth-order valence-electron chi connectivity index (χ4n) is 2.03. The molecule has 0 fully saturated rings. The SMILES string of the molecule is CC(C)NCC(C)(Cc1cccc(F)c1Cl)C(C)C. The highest BCUT2D eigenvalue weighted by Gasteiger charge is 2.29. The van der Waals surface area contributed by atoms with Gasteiger partial charge in [-0.1, -0.05) is 58.4 Å². The summed E-state index contributed by atoms with van der Waals surface area (Å²) in [6.45, 7) is 11.8. The largest absolute Gasteiger partial charge is 0.314 e. The van der Waals surface area contributed by atoms with E-state index in [9.17, 15) is 4.39 Å². The highest BCUT2D eigenvalue weighted by molar-refractivity contribution is 6.31. The molecule has 1 aromatic carbocycles. The predicted molar refractivity (Wildman–Crippen MR) is 81.2 cm³/mol. The fourth-order valence-corrected chi connectivity index (χ4v) is 2.22. The van der Waals surface area contributed by atoms with Gasteiger partial charge in [0.15, 0.2) is 0 Å². The van der Waals surface area contributed by atoms with Crippen molar-refractivity contribution in [2.45, 2.75) is 47.1 Å². The molecule has 19 heavy (non-hydrogen) atoms. The first kappa shape index (κ1) is 16.5. The Morgan fingerprint density at radius 3 is 2.42 bits per heavy atom. The molecular formula is C16H25ClFN. The van der Waals surface area contributed by atoms with Gasteiger partial charge in [0.2, 0.25) is 0 Å². The van der Waals surface area contributed by atoms with Crippen LogP contribution in [0.5, 0.6) is 0 Å². The maximum absolute atomic E-state index is 13.5. The maximum Gasteiger partial charge on any atom is 0.142 e. The summed E-state index contributed by atoms with van der Waals surface area (Å²) in [6.07, 6.45) is 0.779. The summed E-state index contributed by atoms with van der Waals surface area (Å²) < 4.78 is 13.5. The van der Waals surface area contributed by atoms with Gasteiger partial charge in [0.05, 0.1) is 5.02 Å². The third-order valence-electron chi connectivity index (χ3n) is 3.93. The predicted octanol–water partition coefficient (Wildman–Crippen LogP) is 4.68. The smallest absolute Gasteiger partial charge is 0.142 e. The minimum Gasteiger partial charge on any atom is -0.314 e. The van der Waals surface area contributed by atoms with Crippen LogP contribution in [-0.4, -0.2) is 12.6 Å². The van der Waals surface area contributed by atoms with E-state index in [-0.39, 0.29) is 16.3 Å². The second-order valence-electron chi connectivity index (χ2n) is 6.23. The van der Waals surface area contributed by atoms with Gasteiger partial charge in [0.1, 0.15) is 5.82 Å². The Labute approximate surface area is 121 Å². The van der Waals surface area contributed by atoms with Gasteiger partial charge in [-0.25, -0.2) is 4.39 Å². The molecule has 1 rings (SSSR count). The number of halogens is 2. The van der Waals surface area contributed by atoms with Crippen LogP contribution in [-0.2, 0) is 6.42 Å². The van der Waals surface area contributed by atoms with Crippen LogP contribution in [0.3, 0.4) is 0 Å². The molecule has 0 aromatic heterocycles. The van der Waals surface area contributed by atoms with Crippen molar-refractivity contribution in [2.24, 2.45) is 11.3 Å². The average Bonchev–Trinajstić information content (AvgIpc) is 2.32. The van der Waals surface area contributed by atoms with Crippen LogP contribution in [0.25, 0.3) is 0 Å². The highest BCUT2D eigenvalue weighted by atomic mass is 35.5. The molecule has 0 aliphatic carbocycles. The Morgan fingerprint density at radius 1 is 1.26 bits per heavy atom. The lowest BCUT2D eigenvalue weighted by Gasteiger charge is -2.35. The molecule has 0 bridgehead atoms. The van der Waals surface area contributed by atoms with Gasteiger partial charge in [-0.3, -0.25) is 0 Å².